The van der Waals surface area contributed by atoms with Crippen LogP contribution < -0.4 is 5.73 Å². The molecule has 1 aromatic rings. The van der Waals surface area contributed by atoms with Gasteiger partial charge in [0.2, 0.25) is 0 Å². The summed E-state index contributed by atoms with van der Waals surface area (Å²) < 4.78 is 0.867. The quantitative estimate of drug-likeness (QED) is 0.722. The molecule has 0 atom stereocenters. The number of nitrogens with zero attached hydrogens (tertiary/aromatic N) is 1. The van der Waals surface area contributed by atoms with Gasteiger partial charge in [-0.1, -0.05) is 6.07 Å². The van der Waals surface area contributed by atoms with Gasteiger partial charge >= 0.3 is 0 Å². The summed E-state index contributed by atoms with van der Waals surface area (Å²) >= 11 is 3.32. The molecule has 0 saturated heterocycles. The van der Waals surface area contributed by atoms with E-state index in [0.717, 1.165) is 23.1 Å². The van der Waals surface area contributed by atoms with Crippen LogP contribution in [-0.2, 0) is 5.54 Å². The molecule has 11 heavy (non-hydrogen) atoms. The van der Waals surface area contributed by atoms with Crippen LogP contribution in [0.5, 0.6) is 0 Å². The molecule has 58 valence electrons. The SMILES string of the molecule is NC1(c2cccc(Br)n2)CC1. The lowest BCUT2D eigenvalue weighted by molar-refractivity contribution is 0.705. The number of hydrogen-bond donors (Lipinski definition) is 1. The maximum atomic E-state index is 5.95. The van der Waals surface area contributed by atoms with E-state index in [1.807, 2.05) is 18.2 Å². The van der Waals surface area contributed by atoms with Crippen molar-refractivity contribution in [1.82, 2.24) is 4.98 Å². The second-order valence-electron chi connectivity index (χ2n) is 3.00. The molecule has 1 aliphatic rings. The average molecular weight is 213 g/mol. The predicted molar refractivity (Wildman–Crippen MR) is 47.0 cm³/mol. The molecule has 0 amide bonds. The van der Waals surface area contributed by atoms with E-state index < -0.39 is 0 Å². The van der Waals surface area contributed by atoms with E-state index in [2.05, 4.69) is 20.9 Å². The van der Waals surface area contributed by atoms with Gasteiger partial charge < -0.3 is 5.73 Å². The highest BCUT2D eigenvalue weighted by atomic mass is 79.9. The Balaban J connectivity index is 2.38. The van der Waals surface area contributed by atoms with Gasteiger partial charge in [0.05, 0.1) is 11.2 Å². The second-order valence-corrected chi connectivity index (χ2v) is 3.81. The van der Waals surface area contributed by atoms with Crippen molar-refractivity contribution in [1.29, 1.82) is 0 Å². The van der Waals surface area contributed by atoms with E-state index in [9.17, 15) is 0 Å². The van der Waals surface area contributed by atoms with Crippen LogP contribution in [0.15, 0.2) is 22.8 Å². The van der Waals surface area contributed by atoms with Crippen LogP contribution in [0.2, 0.25) is 0 Å². The molecular weight excluding hydrogens is 204 g/mol. The third-order valence-electron chi connectivity index (χ3n) is 2.01. The smallest absolute Gasteiger partial charge is 0.106 e. The zero-order valence-electron chi connectivity index (χ0n) is 6.05. The van der Waals surface area contributed by atoms with Crippen LogP contribution in [0, 0.1) is 0 Å². The molecule has 0 radical (unpaired) electrons. The van der Waals surface area contributed by atoms with Gasteiger partial charge in [0, 0.05) is 0 Å². The zero-order valence-corrected chi connectivity index (χ0v) is 7.63. The van der Waals surface area contributed by atoms with E-state index in [-0.39, 0.29) is 5.54 Å². The third-order valence-corrected chi connectivity index (χ3v) is 2.46. The van der Waals surface area contributed by atoms with E-state index in [1.165, 1.54) is 0 Å². The van der Waals surface area contributed by atoms with E-state index in [4.69, 9.17) is 5.73 Å². The van der Waals surface area contributed by atoms with Gasteiger partial charge in [0.25, 0.3) is 0 Å². The Morgan fingerprint density at radius 1 is 1.45 bits per heavy atom. The Morgan fingerprint density at radius 2 is 2.18 bits per heavy atom. The van der Waals surface area contributed by atoms with E-state index in [1.54, 1.807) is 0 Å². The Hall–Kier alpha value is -0.410. The first kappa shape index (κ1) is 7.25. The lowest BCUT2D eigenvalue weighted by Crippen LogP contribution is -2.20. The Labute approximate surface area is 73.9 Å². The minimum absolute atomic E-state index is 0.107. The highest BCUT2D eigenvalue weighted by Gasteiger charge is 2.41. The monoisotopic (exact) mass is 212 g/mol. The molecule has 2 nitrogen and oxygen atoms in total. The highest BCUT2D eigenvalue weighted by molar-refractivity contribution is 9.10. The summed E-state index contributed by atoms with van der Waals surface area (Å²) in [4.78, 5) is 4.30. The van der Waals surface area contributed by atoms with Crippen molar-refractivity contribution in [2.24, 2.45) is 5.73 Å². The van der Waals surface area contributed by atoms with Gasteiger partial charge in [-0.15, -0.1) is 0 Å². The summed E-state index contributed by atoms with van der Waals surface area (Å²) in [7, 11) is 0. The number of rotatable bonds is 1. The molecule has 2 rings (SSSR count). The topological polar surface area (TPSA) is 38.9 Å². The fraction of sp³-hybridized carbons (Fsp3) is 0.375. The molecular formula is C8H9BrN2. The van der Waals surface area contributed by atoms with Crippen LogP contribution in [0.1, 0.15) is 18.5 Å². The molecule has 0 spiro atoms. The standard InChI is InChI=1S/C8H9BrN2/c9-7-3-1-2-6(11-7)8(10)4-5-8/h1-3H,4-5,10H2. The molecule has 1 fully saturated rings. The summed E-state index contributed by atoms with van der Waals surface area (Å²) in [6.07, 6.45) is 2.13. The Kier molecular flexibility index (Phi) is 1.51. The van der Waals surface area contributed by atoms with Crippen LogP contribution in [0.4, 0.5) is 0 Å². The minimum Gasteiger partial charge on any atom is -0.320 e. The summed E-state index contributed by atoms with van der Waals surface area (Å²) in [6.45, 7) is 0. The largest absolute Gasteiger partial charge is 0.320 e. The number of nitrogens with two attached hydrogens (primary N) is 1. The summed E-state index contributed by atoms with van der Waals surface area (Å²) in [6, 6.07) is 5.87. The fourth-order valence-corrected chi connectivity index (χ4v) is 1.42. The summed E-state index contributed by atoms with van der Waals surface area (Å²) in [5.41, 5.74) is 6.85. The summed E-state index contributed by atoms with van der Waals surface area (Å²) in [5, 5.41) is 0. The molecule has 0 aliphatic heterocycles. The van der Waals surface area contributed by atoms with Gasteiger partial charge in [-0.2, -0.15) is 0 Å². The predicted octanol–water partition coefficient (Wildman–Crippen LogP) is 1.79. The second kappa shape index (κ2) is 2.29. The lowest BCUT2D eigenvalue weighted by atomic mass is 10.2. The number of aromatic nitrogens is 1. The maximum Gasteiger partial charge on any atom is 0.106 e. The van der Waals surface area contributed by atoms with Crippen molar-refractivity contribution < 1.29 is 0 Å². The average Bonchev–Trinajstić information content (AvgIpc) is 2.70. The van der Waals surface area contributed by atoms with Crippen molar-refractivity contribution >= 4 is 15.9 Å². The van der Waals surface area contributed by atoms with Crippen LogP contribution in [0.25, 0.3) is 0 Å². The normalized spacial score (nSPS) is 19.8. The first-order valence-electron chi connectivity index (χ1n) is 3.63. The van der Waals surface area contributed by atoms with Crippen LogP contribution in [-0.4, -0.2) is 4.98 Å². The molecule has 0 bridgehead atoms. The maximum absolute atomic E-state index is 5.95. The molecule has 0 unspecified atom stereocenters. The van der Waals surface area contributed by atoms with Gasteiger partial charge in [-0.05, 0) is 40.9 Å². The summed E-state index contributed by atoms with van der Waals surface area (Å²) in [5.74, 6) is 0. The van der Waals surface area contributed by atoms with Crippen LogP contribution >= 0.6 is 15.9 Å². The first-order valence-corrected chi connectivity index (χ1v) is 4.42. The van der Waals surface area contributed by atoms with Crippen molar-refractivity contribution in [2.45, 2.75) is 18.4 Å². The van der Waals surface area contributed by atoms with E-state index in [0.29, 0.717) is 0 Å². The molecule has 2 N–H and O–H groups in total. The first-order chi connectivity index (χ1) is 5.21. The van der Waals surface area contributed by atoms with Crippen molar-refractivity contribution in [3.63, 3.8) is 0 Å². The Morgan fingerprint density at radius 3 is 2.73 bits per heavy atom. The molecule has 3 heteroatoms. The molecule has 0 aromatic carbocycles. The Bertz CT molecular complexity index is 281. The van der Waals surface area contributed by atoms with Crippen molar-refractivity contribution in [3.05, 3.63) is 28.5 Å². The zero-order chi connectivity index (χ0) is 7.90. The van der Waals surface area contributed by atoms with Gasteiger partial charge in [0.1, 0.15) is 4.60 Å². The molecule has 1 saturated carbocycles. The molecule has 1 aromatic heterocycles. The van der Waals surface area contributed by atoms with Crippen molar-refractivity contribution in [3.8, 4) is 0 Å². The van der Waals surface area contributed by atoms with Gasteiger partial charge in [0.15, 0.2) is 0 Å². The lowest BCUT2D eigenvalue weighted by Gasteiger charge is -2.06. The van der Waals surface area contributed by atoms with Crippen LogP contribution in [0.3, 0.4) is 0 Å². The third kappa shape index (κ3) is 1.30. The fourth-order valence-electron chi connectivity index (χ4n) is 1.08. The number of pyridine rings is 1. The van der Waals surface area contributed by atoms with E-state index >= 15 is 0 Å². The molecule has 1 aliphatic carbocycles. The highest BCUT2D eigenvalue weighted by Crippen LogP contribution is 2.41. The molecule has 1 heterocycles. The number of halogens is 1. The van der Waals surface area contributed by atoms with Gasteiger partial charge in [-0.25, -0.2) is 4.98 Å². The van der Waals surface area contributed by atoms with Gasteiger partial charge in [-0.3, -0.25) is 0 Å². The van der Waals surface area contributed by atoms with Crippen molar-refractivity contribution in [2.75, 3.05) is 0 Å². The minimum atomic E-state index is -0.107. The number of hydrogen-bond acceptors (Lipinski definition) is 2.